The van der Waals surface area contributed by atoms with E-state index in [9.17, 15) is 8.42 Å². The van der Waals surface area contributed by atoms with Gasteiger partial charge >= 0.3 is 0 Å². The number of aromatic nitrogens is 1. The van der Waals surface area contributed by atoms with Crippen molar-refractivity contribution in [1.29, 1.82) is 0 Å². The van der Waals surface area contributed by atoms with Crippen molar-refractivity contribution in [2.45, 2.75) is 13.3 Å². The van der Waals surface area contributed by atoms with Crippen molar-refractivity contribution < 1.29 is 17.9 Å². The number of nitrogens with one attached hydrogen (secondary N) is 1. The van der Waals surface area contributed by atoms with Gasteiger partial charge in [-0.1, -0.05) is 6.92 Å². The predicted molar refractivity (Wildman–Crippen MR) is 103 cm³/mol. The Morgan fingerprint density at radius 1 is 1.24 bits per heavy atom. The van der Waals surface area contributed by atoms with E-state index in [0.29, 0.717) is 34.9 Å². The molecule has 0 aliphatic rings. The Morgan fingerprint density at radius 3 is 2.56 bits per heavy atom. The first kappa shape index (κ1) is 19.3. The summed E-state index contributed by atoms with van der Waals surface area (Å²) in [6.07, 6.45) is 2.08. The van der Waals surface area contributed by atoms with Crippen molar-refractivity contribution in [3.05, 3.63) is 28.9 Å². The Kier molecular flexibility index (Phi) is 6.12. The number of sulfonamides is 1. The van der Waals surface area contributed by atoms with E-state index < -0.39 is 10.0 Å². The zero-order valence-corrected chi connectivity index (χ0v) is 16.6. The quantitative estimate of drug-likeness (QED) is 0.699. The van der Waals surface area contributed by atoms with E-state index in [1.807, 2.05) is 0 Å². The van der Waals surface area contributed by atoms with Crippen LogP contribution in [0, 0.1) is 0 Å². The van der Waals surface area contributed by atoms with Crippen molar-refractivity contribution in [1.82, 2.24) is 4.98 Å². The third kappa shape index (κ3) is 4.55. The molecular formula is C16H20BrN3O4S. The topological polar surface area (TPSA) is 104 Å². The Balaban J connectivity index is 2.64. The lowest BCUT2D eigenvalue weighted by Crippen LogP contribution is -2.17. The molecule has 0 radical (unpaired) electrons. The molecule has 7 nitrogen and oxygen atoms in total. The average molecular weight is 430 g/mol. The Morgan fingerprint density at radius 2 is 1.96 bits per heavy atom. The molecule has 0 amide bonds. The monoisotopic (exact) mass is 429 g/mol. The number of pyridine rings is 1. The largest absolute Gasteiger partial charge is 0.493 e. The van der Waals surface area contributed by atoms with Crippen LogP contribution < -0.4 is 19.9 Å². The molecule has 0 bridgehead atoms. The van der Waals surface area contributed by atoms with E-state index in [2.05, 4.69) is 25.6 Å². The van der Waals surface area contributed by atoms with Crippen LogP contribution in [0.2, 0.25) is 0 Å². The number of nitrogens with two attached hydrogens (primary N) is 1. The van der Waals surface area contributed by atoms with Crippen molar-refractivity contribution in [2.24, 2.45) is 0 Å². The first-order valence-electron chi connectivity index (χ1n) is 7.49. The number of ether oxygens (including phenoxy) is 2. The fraction of sp³-hybridized carbons (Fsp3) is 0.312. The van der Waals surface area contributed by atoms with Crippen LogP contribution in [0.15, 0.2) is 28.9 Å². The van der Waals surface area contributed by atoms with Gasteiger partial charge in [-0.25, -0.2) is 13.4 Å². The van der Waals surface area contributed by atoms with Gasteiger partial charge in [0.1, 0.15) is 5.82 Å². The number of rotatable bonds is 7. The molecule has 1 aromatic carbocycles. The molecule has 0 spiro atoms. The van der Waals surface area contributed by atoms with Gasteiger partial charge in [0.15, 0.2) is 11.5 Å². The third-order valence-corrected chi connectivity index (χ3v) is 5.32. The fourth-order valence-corrected chi connectivity index (χ4v) is 3.82. The molecule has 0 saturated carbocycles. The summed E-state index contributed by atoms with van der Waals surface area (Å²) in [6.45, 7) is 1.79. The summed E-state index contributed by atoms with van der Waals surface area (Å²) < 4.78 is 38.3. The highest BCUT2D eigenvalue weighted by Crippen LogP contribution is 2.41. The van der Waals surface area contributed by atoms with E-state index >= 15 is 0 Å². The SMILES string of the molecule is CCCS(=O)(=O)Nc1cc(-c2cc(Br)cnc2N)cc(OC)c1OC. The van der Waals surface area contributed by atoms with E-state index in [0.717, 1.165) is 4.47 Å². The smallest absolute Gasteiger partial charge is 0.232 e. The number of nitrogens with zero attached hydrogens (tertiary/aromatic N) is 1. The minimum atomic E-state index is -3.50. The zero-order chi connectivity index (χ0) is 18.6. The summed E-state index contributed by atoms with van der Waals surface area (Å²) in [5.74, 6) is 1.00. The lowest BCUT2D eigenvalue weighted by Gasteiger charge is -2.17. The molecule has 3 N–H and O–H groups in total. The molecule has 25 heavy (non-hydrogen) atoms. The second-order valence-electron chi connectivity index (χ2n) is 5.27. The maximum absolute atomic E-state index is 12.2. The second kappa shape index (κ2) is 7.92. The first-order valence-corrected chi connectivity index (χ1v) is 9.93. The molecule has 1 aromatic heterocycles. The molecule has 0 saturated heterocycles. The maximum Gasteiger partial charge on any atom is 0.232 e. The van der Waals surface area contributed by atoms with Gasteiger partial charge in [0, 0.05) is 16.2 Å². The van der Waals surface area contributed by atoms with Gasteiger partial charge in [-0.15, -0.1) is 0 Å². The minimum Gasteiger partial charge on any atom is -0.493 e. The number of anilines is 2. The highest BCUT2D eigenvalue weighted by atomic mass is 79.9. The number of benzene rings is 1. The van der Waals surface area contributed by atoms with E-state index in [4.69, 9.17) is 15.2 Å². The van der Waals surface area contributed by atoms with Gasteiger partial charge in [0.25, 0.3) is 0 Å². The average Bonchev–Trinajstić information content (AvgIpc) is 2.55. The molecular weight excluding hydrogens is 410 g/mol. The lowest BCUT2D eigenvalue weighted by molar-refractivity contribution is 0.356. The van der Waals surface area contributed by atoms with Gasteiger partial charge in [0.05, 0.1) is 25.7 Å². The molecule has 2 aromatic rings. The van der Waals surface area contributed by atoms with Crippen LogP contribution in [-0.2, 0) is 10.0 Å². The molecule has 0 aliphatic heterocycles. The Labute approximate surface area is 155 Å². The van der Waals surface area contributed by atoms with Crippen molar-refractivity contribution in [2.75, 3.05) is 30.4 Å². The van der Waals surface area contributed by atoms with Crippen LogP contribution >= 0.6 is 15.9 Å². The maximum atomic E-state index is 12.2. The van der Waals surface area contributed by atoms with Crippen LogP contribution in [-0.4, -0.2) is 33.4 Å². The molecule has 2 rings (SSSR count). The van der Waals surface area contributed by atoms with Crippen LogP contribution in [0.25, 0.3) is 11.1 Å². The standard InChI is InChI=1S/C16H20BrN3O4S/c1-4-5-25(21,22)20-13-6-10(7-14(23-2)15(13)24-3)12-8-11(17)9-19-16(12)18/h6-9,20H,4-5H2,1-3H3,(H2,18,19). The first-order chi connectivity index (χ1) is 11.8. The molecule has 9 heteroatoms. The van der Waals surface area contributed by atoms with Gasteiger partial charge < -0.3 is 15.2 Å². The van der Waals surface area contributed by atoms with Crippen molar-refractivity contribution >= 4 is 37.5 Å². The molecule has 1 heterocycles. The van der Waals surface area contributed by atoms with Crippen LogP contribution in [0.4, 0.5) is 11.5 Å². The summed E-state index contributed by atoms with van der Waals surface area (Å²) in [6, 6.07) is 5.17. The number of hydrogen-bond acceptors (Lipinski definition) is 6. The number of methoxy groups -OCH3 is 2. The molecule has 0 unspecified atom stereocenters. The summed E-state index contributed by atoms with van der Waals surface area (Å²) in [5, 5.41) is 0. The number of hydrogen-bond donors (Lipinski definition) is 2. The normalized spacial score (nSPS) is 11.2. The van der Waals surface area contributed by atoms with Crippen molar-refractivity contribution in [3.63, 3.8) is 0 Å². The van der Waals surface area contributed by atoms with Gasteiger partial charge in [-0.2, -0.15) is 0 Å². The number of nitrogen functional groups attached to an aromatic ring is 1. The third-order valence-electron chi connectivity index (χ3n) is 3.41. The van der Waals surface area contributed by atoms with Crippen LogP contribution in [0.1, 0.15) is 13.3 Å². The second-order valence-corrected chi connectivity index (χ2v) is 8.02. The molecule has 0 atom stereocenters. The van der Waals surface area contributed by atoms with Gasteiger partial charge in [0.2, 0.25) is 10.0 Å². The molecule has 136 valence electrons. The molecule has 0 fully saturated rings. The minimum absolute atomic E-state index is 0.00325. The van der Waals surface area contributed by atoms with Crippen LogP contribution in [0.5, 0.6) is 11.5 Å². The predicted octanol–water partition coefficient (Wildman–Crippen LogP) is 3.26. The fourth-order valence-electron chi connectivity index (χ4n) is 2.36. The highest BCUT2D eigenvalue weighted by Gasteiger charge is 2.19. The Hall–Kier alpha value is -2.00. The van der Waals surface area contributed by atoms with Crippen LogP contribution in [0.3, 0.4) is 0 Å². The van der Waals surface area contributed by atoms with Gasteiger partial charge in [-0.05, 0) is 46.1 Å². The summed E-state index contributed by atoms with van der Waals surface area (Å²) in [4.78, 5) is 4.11. The Bertz CT molecular complexity index is 872. The highest BCUT2D eigenvalue weighted by molar-refractivity contribution is 9.10. The summed E-state index contributed by atoms with van der Waals surface area (Å²) in [7, 11) is -0.572. The number of halogens is 1. The van der Waals surface area contributed by atoms with Gasteiger partial charge in [-0.3, -0.25) is 4.72 Å². The van der Waals surface area contributed by atoms with E-state index in [1.54, 1.807) is 31.3 Å². The molecule has 0 aliphatic carbocycles. The van der Waals surface area contributed by atoms with E-state index in [1.165, 1.54) is 14.2 Å². The van der Waals surface area contributed by atoms with Crippen molar-refractivity contribution in [3.8, 4) is 22.6 Å². The summed E-state index contributed by atoms with van der Waals surface area (Å²) in [5.41, 5.74) is 7.54. The van der Waals surface area contributed by atoms with E-state index in [-0.39, 0.29) is 11.4 Å². The zero-order valence-electron chi connectivity index (χ0n) is 14.2. The summed E-state index contributed by atoms with van der Waals surface area (Å²) >= 11 is 3.36. The lowest BCUT2D eigenvalue weighted by atomic mass is 10.0.